The number of nitrogens with zero attached hydrogens (tertiary/aromatic N) is 3. The lowest BCUT2D eigenvalue weighted by Crippen LogP contribution is -2.18. The van der Waals surface area contributed by atoms with E-state index in [1.54, 1.807) is 4.57 Å². The van der Waals surface area contributed by atoms with Gasteiger partial charge in [-0.3, -0.25) is 4.79 Å². The molecule has 1 aliphatic rings. The quantitative estimate of drug-likeness (QED) is 0.622. The Labute approximate surface area is 158 Å². The zero-order chi connectivity index (χ0) is 18.4. The average Bonchev–Trinajstić information content (AvgIpc) is 3.37. The summed E-state index contributed by atoms with van der Waals surface area (Å²) in [5.74, 6) is 2.91. The predicted molar refractivity (Wildman–Crippen MR) is 109 cm³/mol. The van der Waals surface area contributed by atoms with E-state index in [1.807, 2.05) is 38.0 Å². The summed E-state index contributed by atoms with van der Waals surface area (Å²) < 4.78 is 4.05. The minimum absolute atomic E-state index is 0.0626. The molecule has 4 nitrogen and oxygen atoms in total. The van der Waals surface area contributed by atoms with E-state index in [9.17, 15) is 4.79 Å². The molecule has 1 aromatic carbocycles. The molecule has 0 atom stereocenters. The lowest BCUT2D eigenvalue weighted by atomic mass is 10.1. The summed E-state index contributed by atoms with van der Waals surface area (Å²) in [6.07, 6.45) is 4.59. The zero-order valence-electron chi connectivity index (χ0n) is 15.9. The molecule has 1 saturated carbocycles. The number of aryl methyl sites for hydroxylation is 3. The summed E-state index contributed by atoms with van der Waals surface area (Å²) in [5.41, 5.74) is 5.41. The van der Waals surface area contributed by atoms with Crippen LogP contribution >= 0.6 is 11.8 Å². The zero-order valence-corrected chi connectivity index (χ0v) is 16.7. The van der Waals surface area contributed by atoms with Crippen molar-refractivity contribution < 1.29 is 0 Å². The monoisotopic (exact) mass is 367 g/mol. The number of fused-ring (bicyclic) bond motifs is 1. The van der Waals surface area contributed by atoms with Crippen LogP contribution in [0.4, 0.5) is 0 Å². The van der Waals surface area contributed by atoms with Crippen molar-refractivity contribution in [2.24, 2.45) is 13.0 Å². The van der Waals surface area contributed by atoms with E-state index in [0.717, 1.165) is 46.2 Å². The Hall–Kier alpha value is -2.01. The molecule has 5 heteroatoms. The van der Waals surface area contributed by atoms with Gasteiger partial charge in [0, 0.05) is 30.2 Å². The van der Waals surface area contributed by atoms with Gasteiger partial charge < -0.3 is 9.13 Å². The van der Waals surface area contributed by atoms with Crippen LogP contribution in [0.25, 0.3) is 22.2 Å². The Balaban J connectivity index is 1.93. The first-order valence-corrected chi connectivity index (χ1v) is 10.3. The minimum Gasteiger partial charge on any atom is -0.328 e. The van der Waals surface area contributed by atoms with Crippen LogP contribution in [0, 0.1) is 19.8 Å². The van der Waals surface area contributed by atoms with E-state index in [2.05, 4.69) is 30.5 Å². The normalized spacial score (nSPS) is 14.3. The number of thioether (sulfide) groups is 1. The maximum atomic E-state index is 12.1. The van der Waals surface area contributed by atoms with Crippen LogP contribution in [0.2, 0.25) is 0 Å². The van der Waals surface area contributed by atoms with E-state index >= 15 is 0 Å². The molecule has 0 amide bonds. The molecule has 136 valence electrons. The average molecular weight is 368 g/mol. The molecular formula is C21H25N3OS. The van der Waals surface area contributed by atoms with Gasteiger partial charge in [-0.2, -0.15) is 0 Å². The van der Waals surface area contributed by atoms with Gasteiger partial charge in [-0.25, -0.2) is 4.98 Å². The smallest absolute Gasteiger partial charge is 0.253 e. The van der Waals surface area contributed by atoms with E-state index < -0.39 is 0 Å². The van der Waals surface area contributed by atoms with Crippen LogP contribution in [-0.2, 0) is 13.6 Å². The van der Waals surface area contributed by atoms with Crippen molar-refractivity contribution in [2.45, 2.75) is 45.1 Å². The highest BCUT2D eigenvalue weighted by atomic mass is 32.2. The number of imidazole rings is 1. The first-order valence-electron chi connectivity index (χ1n) is 9.29. The van der Waals surface area contributed by atoms with Crippen molar-refractivity contribution in [1.82, 2.24) is 14.1 Å². The van der Waals surface area contributed by atoms with Crippen molar-refractivity contribution in [3.63, 3.8) is 0 Å². The molecular weight excluding hydrogens is 342 g/mol. The third-order valence-corrected chi connectivity index (χ3v) is 6.05. The Kier molecular flexibility index (Phi) is 4.43. The van der Waals surface area contributed by atoms with Gasteiger partial charge >= 0.3 is 0 Å². The topological polar surface area (TPSA) is 39.8 Å². The maximum Gasteiger partial charge on any atom is 0.253 e. The van der Waals surface area contributed by atoms with Crippen molar-refractivity contribution in [3.8, 4) is 11.1 Å². The van der Waals surface area contributed by atoms with E-state index in [4.69, 9.17) is 4.98 Å². The van der Waals surface area contributed by atoms with Crippen LogP contribution < -0.4 is 5.56 Å². The molecule has 0 spiro atoms. The van der Waals surface area contributed by atoms with Gasteiger partial charge in [0.15, 0.2) is 0 Å². The minimum atomic E-state index is 0.0626. The van der Waals surface area contributed by atoms with Gasteiger partial charge in [-0.1, -0.05) is 6.92 Å². The fourth-order valence-corrected chi connectivity index (χ4v) is 4.37. The van der Waals surface area contributed by atoms with Gasteiger partial charge in [0.1, 0.15) is 11.3 Å². The van der Waals surface area contributed by atoms with E-state index in [-0.39, 0.29) is 5.56 Å². The third-order valence-electron chi connectivity index (χ3n) is 5.14. The second kappa shape index (κ2) is 6.62. The van der Waals surface area contributed by atoms with Crippen LogP contribution in [-0.4, -0.2) is 19.9 Å². The summed E-state index contributed by atoms with van der Waals surface area (Å²) in [6.45, 7) is 7.23. The lowest BCUT2D eigenvalue weighted by Gasteiger charge is -2.11. The summed E-state index contributed by atoms with van der Waals surface area (Å²) in [5, 5.41) is 0. The molecule has 2 aromatic heterocycles. The van der Waals surface area contributed by atoms with Gasteiger partial charge in [-0.05, 0) is 67.7 Å². The Morgan fingerprint density at radius 1 is 1.19 bits per heavy atom. The highest BCUT2D eigenvalue weighted by molar-refractivity contribution is 7.99. The van der Waals surface area contributed by atoms with Crippen LogP contribution in [0.3, 0.4) is 0 Å². The number of hydrogen-bond donors (Lipinski definition) is 0. The first-order chi connectivity index (χ1) is 12.5. The van der Waals surface area contributed by atoms with Crippen molar-refractivity contribution in [3.05, 3.63) is 46.1 Å². The molecule has 2 heterocycles. The molecule has 1 fully saturated rings. The Bertz CT molecular complexity index is 1020. The molecule has 3 aromatic rings. The molecule has 0 N–H and O–H groups in total. The number of benzene rings is 1. The fourth-order valence-electron chi connectivity index (χ4n) is 3.56. The summed E-state index contributed by atoms with van der Waals surface area (Å²) in [6, 6.07) is 6.47. The highest BCUT2D eigenvalue weighted by Crippen LogP contribution is 2.36. The molecule has 0 radical (unpaired) electrons. The molecule has 0 unspecified atom stereocenters. The second-order valence-electron chi connectivity index (χ2n) is 7.32. The molecule has 0 bridgehead atoms. The second-order valence-corrected chi connectivity index (χ2v) is 8.62. The number of pyridine rings is 1. The first kappa shape index (κ1) is 17.4. The van der Waals surface area contributed by atoms with Crippen molar-refractivity contribution in [1.29, 1.82) is 0 Å². The molecule has 0 aliphatic heterocycles. The fraction of sp³-hybridized carbons (Fsp3) is 0.429. The molecule has 26 heavy (non-hydrogen) atoms. The summed E-state index contributed by atoms with van der Waals surface area (Å²) in [4.78, 5) is 18.2. The van der Waals surface area contributed by atoms with Crippen LogP contribution in [0.15, 0.2) is 34.1 Å². The summed E-state index contributed by atoms with van der Waals surface area (Å²) in [7, 11) is 1.82. The Morgan fingerprint density at radius 2 is 1.96 bits per heavy atom. The SMILES string of the molecule is CCSc1cc(-c2cc(C)c(=O)n(C)c2)cc2c1nc(C)n2CC1CC1. The van der Waals surface area contributed by atoms with Crippen LogP contribution in [0.1, 0.15) is 31.2 Å². The Morgan fingerprint density at radius 3 is 2.62 bits per heavy atom. The van der Waals surface area contributed by atoms with Gasteiger partial charge in [-0.15, -0.1) is 11.8 Å². The van der Waals surface area contributed by atoms with Gasteiger partial charge in [0.05, 0.1) is 5.52 Å². The third kappa shape index (κ3) is 3.09. The largest absolute Gasteiger partial charge is 0.328 e. The molecule has 1 aliphatic carbocycles. The van der Waals surface area contributed by atoms with Crippen molar-refractivity contribution in [2.75, 3.05) is 5.75 Å². The maximum absolute atomic E-state index is 12.1. The van der Waals surface area contributed by atoms with Gasteiger partial charge in [0.2, 0.25) is 0 Å². The highest BCUT2D eigenvalue weighted by Gasteiger charge is 2.24. The van der Waals surface area contributed by atoms with Crippen LogP contribution in [0.5, 0.6) is 0 Å². The lowest BCUT2D eigenvalue weighted by molar-refractivity contribution is 0.626. The standard InChI is InChI=1S/C21H25N3OS/c1-5-26-19-10-16(17-8-13(2)21(25)23(4)12-17)9-18-20(19)22-14(3)24(18)11-15-6-7-15/h8-10,12,15H,5-7,11H2,1-4H3. The van der Waals surface area contributed by atoms with Crippen molar-refractivity contribution >= 4 is 22.8 Å². The van der Waals surface area contributed by atoms with E-state index in [1.165, 1.54) is 23.3 Å². The van der Waals surface area contributed by atoms with E-state index in [0.29, 0.717) is 0 Å². The molecule has 4 rings (SSSR count). The molecule has 0 saturated heterocycles. The number of rotatable bonds is 5. The summed E-state index contributed by atoms with van der Waals surface area (Å²) >= 11 is 1.84. The number of aromatic nitrogens is 3. The van der Waals surface area contributed by atoms with Gasteiger partial charge in [0.25, 0.3) is 5.56 Å². The predicted octanol–water partition coefficient (Wildman–Crippen LogP) is 4.54. The number of hydrogen-bond acceptors (Lipinski definition) is 3.